The van der Waals surface area contributed by atoms with Crippen molar-refractivity contribution in [2.45, 2.75) is 17.1 Å². The zero-order valence-corrected chi connectivity index (χ0v) is 12.3. The van der Waals surface area contributed by atoms with Crippen LogP contribution in [0.1, 0.15) is 11.6 Å². The Hall–Kier alpha value is -2.49. The van der Waals surface area contributed by atoms with Gasteiger partial charge in [0.2, 0.25) is 5.16 Å². The summed E-state index contributed by atoms with van der Waals surface area (Å²) in [4.78, 5) is 0. The van der Waals surface area contributed by atoms with E-state index in [-0.39, 0.29) is 10.9 Å². The Morgan fingerprint density at radius 1 is 1.17 bits per heavy atom. The lowest BCUT2D eigenvalue weighted by Gasteiger charge is -2.05. The molecule has 0 saturated carbocycles. The van der Waals surface area contributed by atoms with Crippen LogP contribution in [0, 0.1) is 0 Å². The SMILES string of the molecule is Nn1c(SCc2cc(-c3ccccc3)no2)nnc1C(F)(F)F. The van der Waals surface area contributed by atoms with Gasteiger partial charge in [-0.15, -0.1) is 10.2 Å². The zero-order valence-electron chi connectivity index (χ0n) is 11.5. The fourth-order valence-corrected chi connectivity index (χ4v) is 2.56. The first-order valence-corrected chi connectivity index (χ1v) is 7.35. The zero-order chi connectivity index (χ0) is 16.4. The van der Waals surface area contributed by atoms with Gasteiger partial charge < -0.3 is 10.4 Å². The highest BCUT2D eigenvalue weighted by Gasteiger charge is 2.38. The Labute approximate surface area is 132 Å². The summed E-state index contributed by atoms with van der Waals surface area (Å²) in [6.45, 7) is 0. The highest BCUT2D eigenvalue weighted by Crippen LogP contribution is 2.30. The second-order valence-electron chi connectivity index (χ2n) is 4.51. The third-order valence-corrected chi connectivity index (χ3v) is 3.86. The second-order valence-corrected chi connectivity index (χ2v) is 5.45. The first kappa shape index (κ1) is 15.4. The number of hydrogen-bond donors (Lipinski definition) is 1. The molecule has 2 heterocycles. The van der Waals surface area contributed by atoms with E-state index in [0.29, 0.717) is 16.1 Å². The molecule has 0 aliphatic rings. The van der Waals surface area contributed by atoms with Crippen LogP contribution >= 0.6 is 11.8 Å². The van der Waals surface area contributed by atoms with Crippen LogP contribution in [0.5, 0.6) is 0 Å². The number of nitrogens with two attached hydrogens (primary N) is 1. The number of alkyl halides is 3. The predicted octanol–water partition coefficient (Wildman–Crippen LogP) is 2.96. The highest BCUT2D eigenvalue weighted by atomic mass is 32.2. The predicted molar refractivity (Wildman–Crippen MR) is 76.7 cm³/mol. The van der Waals surface area contributed by atoms with Gasteiger partial charge in [0.25, 0.3) is 5.82 Å². The number of benzene rings is 1. The number of rotatable bonds is 4. The van der Waals surface area contributed by atoms with E-state index in [0.717, 1.165) is 17.3 Å². The lowest BCUT2D eigenvalue weighted by molar-refractivity contribution is -0.146. The molecule has 0 atom stereocenters. The molecule has 120 valence electrons. The summed E-state index contributed by atoms with van der Waals surface area (Å²) in [6.07, 6.45) is -4.65. The molecular formula is C13H10F3N5OS. The highest BCUT2D eigenvalue weighted by molar-refractivity contribution is 7.98. The van der Waals surface area contributed by atoms with E-state index < -0.39 is 12.0 Å². The largest absolute Gasteiger partial charge is 0.453 e. The van der Waals surface area contributed by atoms with Gasteiger partial charge in [0.15, 0.2) is 0 Å². The Bertz CT molecular complexity index is 800. The molecule has 3 aromatic rings. The van der Waals surface area contributed by atoms with Gasteiger partial charge >= 0.3 is 6.18 Å². The van der Waals surface area contributed by atoms with E-state index in [9.17, 15) is 13.2 Å². The first-order valence-electron chi connectivity index (χ1n) is 6.36. The summed E-state index contributed by atoms with van der Waals surface area (Å²) < 4.78 is 43.3. The molecule has 10 heteroatoms. The number of hydrogen-bond acceptors (Lipinski definition) is 6. The summed E-state index contributed by atoms with van der Waals surface area (Å²) in [5, 5.41) is 10.3. The summed E-state index contributed by atoms with van der Waals surface area (Å²) in [5.41, 5.74) is 1.53. The van der Waals surface area contributed by atoms with E-state index in [4.69, 9.17) is 10.4 Å². The van der Waals surface area contributed by atoms with Crippen molar-refractivity contribution in [3.63, 3.8) is 0 Å². The average Bonchev–Trinajstić information content (AvgIpc) is 3.12. The van der Waals surface area contributed by atoms with Crippen molar-refractivity contribution in [1.29, 1.82) is 0 Å². The minimum atomic E-state index is -4.65. The Morgan fingerprint density at radius 2 is 1.91 bits per heavy atom. The third kappa shape index (κ3) is 3.31. The lowest BCUT2D eigenvalue weighted by atomic mass is 10.1. The number of nitrogens with zero attached hydrogens (tertiary/aromatic N) is 4. The maximum Gasteiger partial charge on any atom is 0.453 e. The fraction of sp³-hybridized carbons (Fsp3) is 0.154. The molecule has 2 N–H and O–H groups in total. The monoisotopic (exact) mass is 341 g/mol. The van der Waals surface area contributed by atoms with E-state index in [1.54, 1.807) is 6.07 Å². The molecule has 0 aliphatic carbocycles. The minimum Gasteiger partial charge on any atom is -0.360 e. The van der Waals surface area contributed by atoms with Crippen molar-refractivity contribution in [2.75, 3.05) is 5.84 Å². The van der Waals surface area contributed by atoms with Crippen molar-refractivity contribution >= 4 is 11.8 Å². The van der Waals surface area contributed by atoms with E-state index in [2.05, 4.69) is 15.4 Å². The Morgan fingerprint density at radius 3 is 2.57 bits per heavy atom. The van der Waals surface area contributed by atoms with Gasteiger partial charge in [-0.2, -0.15) is 13.2 Å². The van der Waals surface area contributed by atoms with Crippen LogP contribution in [0.25, 0.3) is 11.3 Å². The maximum atomic E-state index is 12.6. The van der Waals surface area contributed by atoms with Gasteiger partial charge in [0.05, 0.1) is 5.75 Å². The van der Waals surface area contributed by atoms with Crippen molar-refractivity contribution in [3.8, 4) is 11.3 Å². The minimum absolute atomic E-state index is 0.0602. The van der Waals surface area contributed by atoms with Gasteiger partial charge in [-0.25, -0.2) is 4.68 Å². The molecule has 6 nitrogen and oxygen atoms in total. The van der Waals surface area contributed by atoms with E-state index in [1.165, 1.54) is 0 Å². The van der Waals surface area contributed by atoms with Crippen molar-refractivity contribution in [1.82, 2.24) is 20.0 Å². The smallest absolute Gasteiger partial charge is 0.360 e. The summed E-state index contributed by atoms with van der Waals surface area (Å²) in [6, 6.07) is 11.1. The molecule has 0 radical (unpaired) electrons. The van der Waals surface area contributed by atoms with Crippen molar-refractivity contribution in [3.05, 3.63) is 48.0 Å². The topological polar surface area (TPSA) is 82.8 Å². The molecule has 0 saturated heterocycles. The number of nitrogen functional groups attached to an aromatic ring is 1. The van der Waals surface area contributed by atoms with Gasteiger partial charge in [-0.3, -0.25) is 0 Å². The molecule has 0 amide bonds. The van der Waals surface area contributed by atoms with Crippen LogP contribution in [0.4, 0.5) is 13.2 Å². The third-order valence-electron chi connectivity index (χ3n) is 2.89. The molecule has 0 aliphatic heterocycles. The number of halogens is 3. The van der Waals surface area contributed by atoms with Gasteiger partial charge in [0, 0.05) is 11.6 Å². The Kier molecular flexibility index (Phi) is 3.99. The molecule has 3 rings (SSSR count). The molecular weight excluding hydrogens is 331 g/mol. The van der Waals surface area contributed by atoms with E-state index >= 15 is 0 Å². The number of aromatic nitrogens is 4. The molecule has 0 spiro atoms. The molecule has 0 fully saturated rings. The molecule has 2 aromatic heterocycles. The summed E-state index contributed by atoms with van der Waals surface area (Å²) >= 11 is 0.976. The second kappa shape index (κ2) is 5.95. The van der Waals surface area contributed by atoms with Crippen LogP contribution in [0.2, 0.25) is 0 Å². The number of thioether (sulfide) groups is 1. The molecule has 0 bridgehead atoms. The van der Waals surface area contributed by atoms with Crippen LogP contribution in [-0.4, -0.2) is 20.0 Å². The normalized spacial score (nSPS) is 11.8. The first-order chi connectivity index (χ1) is 10.9. The van der Waals surface area contributed by atoms with Gasteiger partial charge in [-0.05, 0) is 0 Å². The van der Waals surface area contributed by atoms with Crippen LogP contribution in [0.3, 0.4) is 0 Å². The molecule has 0 unspecified atom stereocenters. The summed E-state index contributed by atoms with van der Waals surface area (Å²) in [5.74, 6) is 4.83. The lowest BCUT2D eigenvalue weighted by Crippen LogP contribution is -2.21. The maximum absolute atomic E-state index is 12.6. The van der Waals surface area contributed by atoms with Crippen molar-refractivity contribution in [2.24, 2.45) is 0 Å². The van der Waals surface area contributed by atoms with Gasteiger partial charge in [-0.1, -0.05) is 47.3 Å². The quantitative estimate of drug-likeness (QED) is 0.580. The summed E-state index contributed by atoms with van der Waals surface area (Å²) in [7, 11) is 0. The van der Waals surface area contributed by atoms with Crippen LogP contribution < -0.4 is 5.84 Å². The Balaban J connectivity index is 1.70. The van der Waals surface area contributed by atoms with Gasteiger partial charge in [0.1, 0.15) is 11.5 Å². The fourth-order valence-electron chi connectivity index (χ4n) is 1.83. The van der Waals surface area contributed by atoms with Crippen LogP contribution in [0.15, 0.2) is 46.1 Å². The average molecular weight is 341 g/mol. The standard InChI is InChI=1S/C13H10F3N5OS/c14-13(15,16)11-18-19-12(21(11)17)23-7-9-6-10(20-22-9)8-4-2-1-3-5-8/h1-6H,7,17H2. The van der Waals surface area contributed by atoms with Crippen LogP contribution in [-0.2, 0) is 11.9 Å². The molecule has 23 heavy (non-hydrogen) atoms. The van der Waals surface area contributed by atoms with E-state index in [1.807, 2.05) is 30.3 Å². The van der Waals surface area contributed by atoms with Crippen molar-refractivity contribution < 1.29 is 17.7 Å². The molecule has 1 aromatic carbocycles.